The molecule has 0 aromatic rings. The SMILES string of the molecule is O=C(O)S1(C(=O)O)C=CC=CC1. The number of carboxylic acid groups (broad SMARTS) is 2. The van der Waals surface area contributed by atoms with E-state index < -0.39 is 20.6 Å². The predicted octanol–water partition coefficient (Wildman–Crippen LogP) is 2.23. The van der Waals surface area contributed by atoms with E-state index in [1.807, 2.05) is 0 Å². The van der Waals surface area contributed by atoms with Crippen LogP contribution in [0.1, 0.15) is 0 Å². The summed E-state index contributed by atoms with van der Waals surface area (Å²) in [6.07, 6.45) is 4.69. The lowest BCUT2D eigenvalue weighted by molar-refractivity contribution is 0.215. The van der Waals surface area contributed by atoms with Crippen molar-refractivity contribution in [1.29, 1.82) is 0 Å². The molecule has 5 heteroatoms. The fourth-order valence-corrected chi connectivity index (χ4v) is 2.41. The van der Waals surface area contributed by atoms with Gasteiger partial charge in [-0.3, -0.25) is 0 Å². The average Bonchev–Trinajstić information content (AvgIpc) is 2.05. The van der Waals surface area contributed by atoms with Gasteiger partial charge in [0.15, 0.2) is 0 Å². The summed E-state index contributed by atoms with van der Waals surface area (Å²) in [6, 6.07) is 0. The topological polar surface area (TPSA) is 74.6 Å². The van der Waals surface area contributed by atoms with Gasteiger partial charge in [0.05, 0.1) is 0 Å². The van der Waals surface area contributed by atoms with Crippen LogP contribution in [0.15, 0.2) is 23.6 Å². The van der Waals surface area contributed by atoms with Crippen molar-refractivity contribution < 1.29 is 19.8 Å². The molecule has 4 nitrogen and oxygen atoms in total. The van der Waals surface area contributed by atoms with E-state index >= 15 is 0 Å². The summed E-state index contributed by atoms with van der Waals surface area (Å²) in [7, 11) is -2.66. The predicted molar refractivity (Wildman–Crippen MR) is 46.8 cm³/mol. The zero-order valence-corrected chi connectivity index (χ0v) is 6.95. The maximum atomic E-state index is 10.7. The third-order valence-electron chi connectivity index (χ3n) is 1.54. The molecule has 0 saturated carbocycles. The minimum Gasteiger partial charge on any atom is -0.474 e. The van der Waals surface area contributed by atoms with Crippen LogP contribution >= 0.6 is 10.0 Å². The molecule has 66 valence electrons. The zero-order chi connectivity index (χ0) is 9.19. The first kappa shape index (κ1) is 8.86. The van der Waals surface area contributed by atoms with Gasteiger partial charge in [0.2, 0.25) is 0 Å². The van der Waals surface area contributed by atoms with E-state index in [2.05, 4.69) is 0 Å². The van der Waals surface area contributed by atoms with Gasteiger partial charge in [-0.1, -0.05) is 18.2 Å². The number of rotatable bonds is 0. The van der Waals surface area contributed by atoms with Crippen molar-refractivity contribution in [2.24, 2.45) is 0 Å². The fraction of sp³-hybridized carbons (Fsp3) is 0.143. The molecule has 0 aromatic carbocycles. The van der Waals surface area contributed by atoms with Crippen LogP contribution in [0.25, 0.3) is 0 Å². The normalized spacial score (nSPS) is 21.7. The van der Waals surface area contributed by atoms with Crippen LogP contribution in [0.2, 0.25) is 0 Å². The van der Waals surface area contributed by atoms with Gasteiger partial charge >= 0.3 is 10.6 Å². The van der Waals surface area contributed by atoms with Gasteiger partial charge in [0.1, 0.15) is 0 Å². The molecule has 2 N–H and O–H groups in total. The molecule has 0 amide bonds. The quantitative estimate of drug-likeness (QED) is 0.611. The van der Waals surface area contributed by atoms with Gasteiger partial charge in [-0.25, -0.2) is 9.59 Å². The Kier molecular flexibility index (Phi) is 2.23. The molecule has 0 bridgehead atoms. The van der Waals surface area contributed by atoms with Crippen molar-refractivity contribution in [2.75, 3.05) is 5.75 Å². The van der Waals surface area contributed by atoms with E-state index in [4.69, 9.17) is 10.2 Å². The first-order valence-corrected chi connectivity index (χ1v) is 5.06. The van der Waals surface area contributed by atoms with Gasteiger partial charge in [0.25, 0.3) is 0 Å². The molecule has 0 aromatic heterocycles. The molecular weight excluding hydrogens is 180 g/mol. The lowest BCUT2D eigenvalue weighted by Gasteiger charge is -2.26. The van der Waals surface area contributed by atoms with Crippen LogP contribution in [-0.4, -0.2) is 26.6 Å². The molecule has 12 heavy (non-hydrogen) atoms. The standard InChI is InChI=1S/C7H8O4S/c8-6(9)12(7(10)11)4-2-1-3-5-12/h1-4H,5H2,(H,8,9)(H,10,11). The van der Waals surface area contributed by atoms with Crippen LogP contribution < -0.4 is 0 Å². The average molecular weight is 188 g/mol. The van der Waals surface area contributed by atoms with Crippen LogP contribution in [0.5, 0.6) is 0 Å². The van der Waals surface area contributed by atoms with Crippen LogP contribution in [0.3, 0.4) is 0 Å². The molecule has 1 rings (SSSR count). The molecule has 0 unspecified atom stereocenters. The zero-order valence-electron chi connectivity index (χ0n) is 6.14. The van der Waals surface area contributed by atoms with Crippen molar-refractivity contribution in [2.45, 2.75) is 0 Å². The largest absolute Gasteiger partial charge is 0.474 e. The Balaban J connectivity index is 3.04. The fourth-order valence-electron chi connectivity index (χ4n) is 0.855. The Morgan fingerprint density at radius 1 is 1.17 bits per heavy atom. The highest BCUT2D eigenvalue weighted by molar-refractivity contribution is 8.57. The van der Waals surface area contributed by atoms with E-state index in [1.165, 1.54) is 11.5 Å². The minimum atomic E-state index is -2.66. The molecule has 0 radical (unpaired) electrons. The molecular formula is C7H8O4S. The Labute approximate surface area is 70.5 Å². The van der Waals surface area contributed by atoms with E-state index in [0.29, 0.717) is 0 Å². The Morgan fingerprint density at radius 2 is 1.75 bits per heavy atom. The number of hydrogen-bond acceptors (Lipinski definition) is 2. The highest BCUT2D eigenvalue weighted by Crippen LogP contribution is 2.52. The lowest BCUT2D eigenvalue weighted by Crippen LogP contribution is -2.19. The van der Waals surface area contributed by atoms with E-state index in [9.17, 15) is 9.59 Å². The van der Waals surface area contributed by atoms with Crippen LogP contribution in [0, 0.1) is 0 Å². The molecule has 0 atom stereocenters. The van der Waals surface area contributed by atoms with E-state index in [1.54, 1.807) is 12.2 Å². The van der Waals surface area contributed by atoms with E-state index in [-0.39, 0.29) is 5.75 Å². The highest BCUT2D eigenvalue weighted by atomic mass is 32.3. The summed E-state index contributed by atoms with van der Waals surface area (Å²) in [5.74, 6) is 0.0914. The summed E-state index contributed by atoms with van der Waals surface area (Å²) in [4.78, 5) is 21.4. The second-order valence-corrected chi connectivity index (χ2v) is 5.14. The van der Waals surface area contributed by atoms with Gasteiger partial charge in [0, 0.05) is 5.75 Å². The minimum absolute atomic E-state index is 0.0914. The van der Waals surface area contributed by atoms with Gasteiger partial charge in [-0.15, -0.1) is 0 Å². The number of hydrogen-bond donors (Lipinski definition) is 2. The molecule has 1 aliphatic rings. The molecule has 1 aliphatic heterocycles. The third-order valence-corrected chi connectivity index (χ3v) is 4.13. The van der Waals surface area contributed by atoms with Crippen molar-refractivity contribution in [1.82, 2.24) is 0 Å². The number of allylic oxidation sites excluding steroid dienone is 2. The summed E-state index contributed by atoms with van der Waals surface area (Å²) in [5, 5.41) is 16.3. The van der Waals surface area contributed by atoms with Gasteiger partial charge < -0.3 is 10.2 Å². The monoisotopic (exact) mass is 188 g/mol. The number of carbonyl (C=O) groups is 2. The first-order chi connectivity index (χ1) is 5.59. The molecule has 0 aliphatic carbocycles. The summed E-state index contributed by atoms with van der Waals surface area (Å²) in [5.41, 5.74) is 0. The Hall–Kier alpha value is -1.23. The third kappa shape index (κ3) is 1.23. The van der Waals surface area contributed by atoms with Crippen LogP contribution in [-0.2, 0) is 0 Å². The molecule has 1 heterocycles. The Bertz CT molecular complexity index is 265. The van der Waals surface area contributed by atoms with Gasteiger partial charge in [-0.05, 0) is 15.4 Å². The summed E-state index contributed by atoms with van der Waals surface area (Å²) < 4.78 is 0. The lowest BCUT2D eigenvalue weighted by atomic mass is 10.5. The summed E-state index contributed by atoms with van der Waals surface area (Å²) in [6.45, 7) is 0. The molecule has 0 saturated heterocycles. The first-order valence-electron chi connectivity index (χ1n) is 3.20. The van der Waals surface area contributed by atoms with Crippen molar-refractivity contribution >= 4 is 20.6 Å². The molecule has 0 fully saturated rings. The summed E-state index contributed by atoms with van der Waals surface area (Å²) >= 11 is 0. The second-order valence-electron chi connectivity index (χ2n) is 2.25. The maximum Gasteiger partial charge on any atom is 0.360 e. The second kappa shape index (κ2) is 3.02. The Morgan fingerprint density at radius 3 is 2.00 bits per heavy atom. The van der Waals surface area contributed by atoms with Crippen molar-refractivity contribution in [3.63, 3.8) is 0 Å². The van der Waals surface area contributed by atoms with Gasteiger partial charge in [-0.2, -0.15) is 0 Å². The van der Waals surface area contributed by atoms with E-state index in [0.717, 1.165) is 0 Å². The molecule has 0 spiro atoms. The van der Waals surface area contributed by atoms with Crippen molar-refractivity contribution in [3.8, 4) is 0 Å². The van der Waals surface area contributed by atoms with Crippen LogP contribution in [0.4, 0.5) is 9.59 Å². The van der Waals surface area contributed by atoms with Crippen molar-refractivity contribution in [3.05, 3.63) is 23.6 Å². The smallest absolute Gasteiger partial charge is 0.360 e. The highest BCUT2D eigenvalue weighted by Gasteiger charge is 2.37. The maximum absolute atomic E-state index is 10.7.